The second kappa shape index (κ2) is 4.84. The highest BCUT2D eigenvalue weighted by Gasteiger charge is 2.23. The van der Waals surface area contributed by atoms with Gasteiger partial charge in [0.1, 0.15) is 6.10 Å². The Kier molecular flexibility index (Phi) is 3.97. The van der Waals surface area contributed by atoms with Crippen molar-refractivity contribution in [3.63, 3.8) is 0 Å². The van der Waals surface area contributed by atoms with Crippen molar-refractivity contribution >= 4 is 6.09 Å². The van der Waals surface area contributed by atoms with Crippen molar-refractivity contribution in [2.24, 2.45) is 5.73 Å². The highest BCUT2D eigenvalue weighted by Crippen LogP contribution is 2.20. The van der Waals surface area contributed by atoms with Gasteiger partial charge in [0.15, 0.2) is 0 Å². The van der Waals surface area contributed by atoms with E-state index in [2.05, 4.69) is 5.32 Å². The molecule has 1 amide bonds. The Morgan fingerprint density at radius 3 is 2.27 bits per heavy atom. The van der Waals surface area contributed by atoms with Crippen molar-refractivity contribution in [1.82, 2.24) is 5.32 Å². The Bertz CT molecular complexity index is 215. The molecule has 4 heteroatoms. The molecule has 1 rings (SSSR count). The molecule has 0 aromatic heterocycles. The van der Waals surface area contributed by atoms with Crippen LogP contribution in [-0.2, 0) is 4.74 Å². The summed E-state index contributed by atoms with van der Waals surface area (Å²) in [5.74, 6) is 0. The number of hydrogen-bond acceptors (Lipinski definition) is 3. The van der Waals surface area contributed by atoms with Gasteiger partial charge in [0, 0.05) is 11.6 Å². The summed E-state index contributed by atoms with van der Waals surface area (Å²) < 4.78 is 5.31. The van der Waals surface area contributed by atoms with Gasteiger partial charge in [0.05, 0.1) is 0 Å². The topological polar surface area (TPSA) is 64.3 Å². The summed E-state index contributed by atoms with van der Waals surface area (Å²) in [6, 6.07) is 0.288. The number of amides is 1. The third-order valence-electron chi connectivity index (χ3n) is 2.47. The van der Waals surface area contributed by atoms with Crippen LogP contribution in [0.4, 0.5) is 4.79 Å². The molecule has 0 saturated heterocycles. The summed E-state index contributed by atoms with van der Waals surface area (Å²) in [5, 5.41) is 2.79. The van der Waals surface area contributed by atoms with Crippen molar-refractivity contribution < 1.29 is 9.53 Å². The van der Waals surface area contributed by atoms with E-state index < -0.39 is 0 Å². The third kappa shape index (κ3) is 5.02. The Morgan fingerprint density at radius 2 is 1.80 bits per heavy atom. The summed E-state index contributed by atoms with van der Waals surface area (Å²) in [4.78, 5) is 11.4. The zero-order valence-corrected chi connectivity index (χ0v) is 9.88. The smallest absolute Gasteiger partial charge is 0.407 e. The van der Waals surface area contributed by atoms with Gasteiger partial charge >= 0.3 is 6.09 Å². The highest BCUT2D eigenvalue weighted by atomic mass is 16.6. The average molecular weight is 214 g/mol. The van der Waals surface area contributed by atoms with E-state index in [4.69, 9.17) is 10.5 Å². The quantitative estimate of drug-likeness (QED) is 0.699. The predicted molar refractivity (Wildman–Crippen MR) is 59.6 cm³/mol. The Morgan fingerprint density at radius 1 is 1.27 bits per heavy atom. The lowest BCUT2D eigenvalue weighted by Gasteiger charge is -2.28. The minimum Gasteiger partial charge on any atom is -0.446 e. The zero-order valence-electron chi connectivity index (χ0n) is 9.88. The standard InChI is InChI=1S/C11H22N2O2/c1-11(2,3)13-10(14)15-9-6-4-8(12)5-7-9/h8-9H,4-7,12H2,1-3H3,(H,13,14)/t8-,9-. The fraction of sp³-hybridized carbons (Fsp3) is 0.909. The molecule has 0 heterocycles. The Labute approximate surface area is 91.5 Å². The van der Waals surface area contributed by atoms with Crippen LogP contribution in [0.1, 0.15) is 46.5 Å². The first-order chi connectivity index (χ1) is 6.87. The molecule has 0 bridgehead atoms. The summed E-state index contributed by atoms with van der Waals surface area (Å²) in [7, 11) is 0. The van der Waals surface area contributed by atoms with Crippen LogP contribution in [0.3, 0.4) is 0 Å². The first-order valence-electron chi connectivity index (χ1n) is 5.61. The first-order valence-corrected chi connectivity index (χ1v) is 5.61. The molecule has 0 radical (unpaired) electrons. The molecule has 1 fully saturated rings. The molecule has 0 aromatic rings. The molecule has 0 aromatic carbocycles. The minimum absolute atomic E-state index is 0.0483. The van der Waals surface area contributed by atoms with Crippen molar-refractivity contribution in [2.75, 3.05) is 0 Å². The van der Waals surface area contributed by atoms with Crippen LogP contribution in [-0.4, -0.2) is 23.8 Å². The molecular weight excluding hydrogens is 192 g/mol. The number of rotatable bonds is 1. The van der Waals surface area contributed by atoms with E-state index in [9.17, 15) is 4.79 Å². The number of alkyl carbamates (subject to hydrolysis) is 1. The largest absolute Gasteiger partial charge is 0.446 e. The maximum atomic E-state index is 11.4. The van der Waals surface area contributed by atoms with E-state index in [0.29, 0.717) is 0 Å². The Hall–Kier alpha value is -0.770. The van der Waals surface area contributed by atoms with Gasteiger partial charge in [0.25, 0.3) is 0 Å². The number of carbonyl (C=O) groups is 1. The van der Waals surface area contributed by atoms with E-state index in [1.807, 2.05) is 20.8 Å². The molecule has 88 valence electrons. The molecule has 0 spiro atoms. The lowest BCUT2D eigenvalue weighted by molar-refractivity contribution is 0.0670. The molecule has 15 heavy (non-hydrogen) atoms. The maximum Gasteiger partial charge on any atom is 0.407 e. The summed E-state index contributed by atoms with van der Waals surface area (Å²) in [5.41, 5.74) is 5.54. The molecule has 1 aliphatic rings. The van der Waals surface area contributed by atoms with Crippen LogP contribution in [0.2, 0.25) is 0 Å². The van der Waals surface area contributed by atoms with Crippen LogP contribution in [0.5, 0.6) is 0 Å². The van der Waals surface area contributed by atoms with E-state index in [1.54, 1.807) is 0 Å². The second-order valence-corrected chi connectivity index (χ2v) is 5.32. The van der Waals surface area contributed by atoms with Crippen LogP contribution >= 0.6 is 0 Å². The van der Waals surface area contributed by atoms with Crippen LogP contribution in [0, 0.1) is 0 Å². The van der Waals surface area contributed by atoms with E-state index in [-0.39, 0.29) is 23.8 Å². The lowest BCUT2D eigenvalue weighted by Crippen LogP contribution is -2.43. The average Bonchev–Trinajstić information content (AvgIpc) is 2.05. The summed E-state index contributed by atoms with van der Waals surface area (Å²) >= 11 is 0. The third-order valence-corrected chi connectivity index (χ3v) is 2.47. The van der Waals surface area contributed by atoms with Crippen molar-refractivity contribution in [2.45, 2.75) is 64.1 Å². The van der Waals surface area contributed by atoms with Crippen LogP contribution < -0.4 is 11.1 Å². The molecule has 0 unspecified atom stereocenters. The molecule has 1 saturated carbocycles. The van der Waals surface area contributed by atoms with Crippen molar-refractivity contribution in [3.8, 4) is 0 Å². The van der Waals surface area contributed by atoms with Crippen LogP contribution in [0.15, 0.2) is 0 Å². The molecule has 3 N–H and O–H groups in total. The zero-order chi connectivity index (χ0) is 11.5. The van der Waals surface area contributed by atoms with Gasteiger partial charge in [-0.25, -0.2) is 4.79 Å². The number of ether oxygens (including phenoxy) is 1. The number of hydrogen-bond donors (Lipinski definition) is 2. The number of nitrogens with two attached hydrogens (primary N) is 1. The lowest BCUT2D eigenvalue weighted by atomic mass is 9.94. The van der Waals surface area contributed by atoms with Crippen LogP contribution in [0.25, 0.3) is 0 Å². The number of nitrogens with one attached hydrogen (secondary N) is 1. The normalized spacial score (nSPS) is 27.2. The van der Waals surface area contributed by atoms with E-state index >= 15 is 0 Å². The number of carbonyl (C=O) groups excluding carboxylic acids is 1. The van der Waals surface area contributed by atoms with Gasteiger partial charge in [-0.3, -0.25) is 0 Å². The van der Waals surface area contributed by atoms with Gasteiger partial charge in [0.2, 0.25) is 0 Å². The van der Waals surface area contributed by atoms with E-state index in [1.165, 1.54) is 0 Å². The maximum absolute atomic E-state index is 11.4. The Balaban J connectivity index is 2.27. The van der Waals surface area contributed by atoms with Crippen molar-refractivity contribution in [1.29, 1.82) is 0 Å². The fourth-order valence-corrected chi connectivity index (χ4v) is 1.69. The first kappa shape index (κ1) is 12.3. The predicted octanol–water partition coefficient (Wildman–Crippen LogP) is 1.78. The summed E-state index contributed by atoms with van der Waals surface area (Å²) in [6.07, 6.45) is 3.41. The van der Waals surface area contributed by atoms with Gasteiger partial charge in [-0.1, -0.05) is 0 Å². The molecule has 0 aliphatic heterocycles. The second-order valence-electron chi connectivity index (χ2n) is 5.32. The fourth-order valence-electron chi connectivity index (χ4n) is 1.69. The van der Waals surface area contributed by atoms with Gasteiger partial charge in [-0.15, -0.1) is 0 Å². The van der Waals surface area contributed by atoms with Gasteiger partial charge in [-0.2, -0.15) is 0 Å². The summed E-state index contributed by atoms with van der Waals surface area (Å²) in [6.45, 7) is 5.81. The monoisotopic (exact) mass is 214 g/mol. The molecular formula is C11H22N2O2. The van der Waals surface area contributed by atoms with Gasteiger partial charge in [-0.05, 0) is 46.5 Å². The SMILES string of the molecule is CC(C)(C)NC(=O)O[C@H]1CC[C@H](N)CC1. The van der Waals surface area contributed by atoms with Crippen molar-refractivity contribution in [3.05, 3.63) is 0 Å². The molecule has 1 aliphatic carbocycles. The minimum atomic E-state index is -0.317. The van der Waals surface area contributed by atoms with Gasteiger partial charge < -0.3 is 15.8 Å². The van der Waals surface area contributed by atoms with E-state index in [0.717, 1.165) is 25.7 Å². The molecule has 4 nitrogen and oxygen atoms in total. The molecule has 0 atom stereocenters. The highest BCUT2D eigenvalue weighted by molar-refractivity contribution is 5.68.